The Bertz CT molecular complexity index is 835. The Morgan fingerprint density at radius 2 is 2.04 bits per heavy atom. The maximum Gasteiger partial charge on any atom is 0.405 e. The summed E-state index contributed by atoms with van der Waals surface area (Å²) in [5, 5.41) is 3.32. The van der Waals surface area contributed by atoms with Crippen molar-refractivity contribution in [3.63, 3.8) is 0 Å². The molecule has 1 aliphatic carbocycles. The number of hydrogen-bond acceptors (Lipinski definition) is 4. The summed E-state index contributed by atoms with van der Waals surface area (Å²) in [6.45, 7) is 4.04. The van der Waals surface area contributed by atoms with E-state index in [1.807, 2.05) is 24.3 Å². The number of carbonyl (C=O) groups is 1. The van der Waals surface area contributed by atoms with Gasteiger partial charge in [-0.25, -0.2) is 9.18 Å². The van der Waals surface area contributed by atoms with Crippen LogP contribution in [0.25, 0.3) is 0 Å². The number of carbonyl (C=O) groups excluding carboxylic acids is 1. The molecule has 6 heteroatoms. The van der Waals surface area contributed by atoms with Crippen LogP contribution < -0.4 is 15.8 Å². The first-order valence-electron chi connectivity index (χ1n) is 9.68. The second-order valence-electron chi connectivity index (χ2n) is 7.23. The zero-order chi connectivity index (χ0) is 20.1. The fourth-order valence-corrected chi connectivity index (χ4v) is 3.55. The molecule has 0 aromatic heterocycles. The number of nitrogens with two attached hydrogens (primary N) is 1. The van der Waals surface area contributed by atoms with Crippen LogP contribution in [-0.2, 0) is 11.3 Å². The molecule has 0 bridgehead atoms. The van der Waals surface area contributed by atoms with Crippen molar-refractivity contribution >= 4 is 11.8 Å². The monoisotopic (exact) mass is 386 g/mol. The van der Waals surface area contributed by atoms with E-state index in [2.05, 4.69) is 5.32 Å². The molecule has 0 heterocycles. The molecule has 1 atom stereocenters. The number of amides is 1. The molecule has 1 unspecified atom stereocenters. The molecule has 2 aromatic rings. The normalized spacial score (nSPS) is 15.2. The Hall–Kier alpha value is -2.76. The van der Waals surface area contributed by atoms with E-state index in [-0.39, 0.29) is 11.9 Å². The average molecular weight is 386 g/mol. The fourth-order valence-electron chi connectivity index (χ4n) is 3.55. The van der Waals surface area contributed by atoms with Gasteiger partial charge in [0.1, 0.15) is 17.7 Å². The summed E-state index contributed by atoms with van der Waals surface area (Å²) in [6.07, 6.45) is 3.19. The van der Waals surface area contributed by atoms with Crippen molar-refractivity contribution in [3.8, 4) is 5.75 Å². The first-order valence-corrected chi connectivity index (χ1v) is 9.68. The Morgan fingerprint density at radius 1 is 1.29 bits per heavy atom. The molecule has 0 saturated heterocycles. The largest absolute Gasteiger partial charge is 0.490 e. The number of primary amides is 1. The van der Waals surface area contributed by atoms with Gasteiger partial charge in [0.25, 0.3) is 0 Å². The van der Waals surface area contributed by atoms with Gasteiger partial charge in [-0.05, 0) is 68.9 Å². The van der Waals surface area contributed by atoms with E-state index in [4.69, 9.17) is 15.2 Å². The smallest absolute Gasteiger partial charge is 0.405 e. The van der Waals surface area contributed by atoms with Gasteiger partial charge < -0.3 is 20.5 Å². The molecular weight excluding hydrogens is 359 g/mol. The van der Waals surface area contributed by atoms with Crippen molar-refractivity contribution in [1.82, 2.24) is 0 Å². The molecule has 5 nitrogen and oxygen atoms in total. The van der Waals surface area contributed by atoms with Crippen molar-refractivity contribution in [2.24, 2.45) is 5.73 Å². The van der Waals surface area contributed by atoms with Crippen LogP contribution >= 0.6 is 0 Å². The van der Waals surface area contributed by atoms with Gasteiger partial charge >= 0.3 is 6.09 Å². The number of anilines is 1. The van der Waals surface area contributed by atoms with E-state index in [9.17, 15) is 9.18 Å². The van der Waals surface area contributed by atoms with E-state index < -0.39 is 12.2 Å². The van der Waals surface area contributed by atoms with E-state index >= 15 is 0 Å². The second-order valence-corrected chi connectivity index (χ2v) is 7.23. The van der Waals surface area contributed by atoms with E-state index in [1.54, 1.807) is 19.9 Å². The maximum absolute atomic E-state index is 13.7. The number of nitrogens with one attached hydrogen (secondary N) is 1. The predicted octanol–water partition coefficient (Wildman–Crippen LogP) is 5.22. The zero-order valence-corrected chi connectivity index (χ0v) is 16.3. The molecule has 0 aliphatic heterocycles. The van der Waals surface area contributed by atoms with Gasteiger partial charge in [0.2, 0.25) is 0 Å². The van der Waals surface area contributed by atoms with Gasteiger partial charge in [-0.3, -0.25) is 0 Å². The first kappa shape index (κ1) is 20.0. The zero-order valence-electron chi connectivity index (χ0n) is 16.3. The third-order valence-electron chi connectivity index (χ3n) is 5.20. The summed E-state index contributed by atoms with van der Waals surface area (Å²) in [7, 11) is 0. The minimum atomic E-state index is -0.817. The first-order chi connectivity index (χ1) is 13.4. The lowest BCUT2D eigenvalue weighted by Gasteiger charge is -2.21. The lowest BCUT2D eigenvalue weighted by atomic mass is 10.1. The molecule has 150 valence electrons. The molecule has 0 spiro atoms. The summed E-state index contributed by atoms with van der Waals surface area (Å²) in [5.41, 5.74) is 8.33. The minimum Gasteiger partial charge on any atom is -0.490 e. The number of ether oxygens (including phenoxy) is 2. The van der Waals surface area contributed by atoms with Crippen molar-refractivity contribution in [2.45, 2.75) is 58.3 Å². The minimum absolute atomic E-state index is 0.167. The standard InChI is InChI=1S/C22H27FN2O3/c1-14-16(6-5-9-20(14)23)13-25-17-10-11-19(15(2)27-22(24)26)21(12-17)28-18-7-3-4-8-18/h5-6,9-12,15,18,25H,3-4,7-8,13H2,1-2H3,(H2,24,26). The molecule has 3 rings (SSSR count). The number of hydrogen-bond donors (Lipinski definition) is 2. The summed E-state index contributed by atoms with van der Waals surface area (Å²) in [4.78, 5) is 11.1. The van der Waals surface area contributed by atoms with Gasteiger partial charge in [-0.1, -0.05) is 12.1 Å². The topological polar surface area (TPSA) is 73.6 Å². The Labute approximate surface area is 165 Å². The number of halogens is 1. The molecule has 28 heavy (non-hydrogen) atoms. The SMILES string of the molecule is Cc1c(F)cccc1CNc1ccc(C(C)OC(N)=O)c(OC2CCCC2)c1. The third-order valence-corrected chi connectivity index (χ3v) is 5.20. The second kappa shape index (κ2) is 8.95. The van der Waals surface area contributed by atoms with Crippen molar-refractivity contribution in [3.05, 3.63) is 58.9 Å². The number of benzene rings is 2. The molecule has 1 saturated carbocycles. The third kappa shape index (κ3) is 4.94. The Balaban J connectivity index is 1.79. The van der Waals surface area contributed by atoms with E-state index in [0.717, 1.165) is 42.5 Å². The molecule has 1 amide bonds. The molecular formula is C22H27FN2O3. The van der Waals surface area contributed by atoms with Gasteiger partial charge in [0.05, 0.1) is 6.10 Å². The molecule has 3 N–H and O–H groups in total. The summed E-state index contributed by atoms with van der Waals surface area (Å²) >= 11 is 0. The lowest BCUT2D eigenvalue weighted by Crippen LogP contribution is -2.18. The molecule has 1 fully saturated rings. The van der Waals surface area contributed by atoms with Gasteiger partial charge in [0.15, 0.2) is 0 Å². The van der Waals surface area contributed by atoms with Crippen LogP contribution in [0.4, 0.5) is 14.9 Å². The highest BCUT2D eigenvalue weighted by Gasteiger charge is 2.21. The summed E-state index contributed by atoms with van der Waals surface area (Å²) < 4.78 is 25.1. The highest BCUT2D eigenvalue weighted by Crippen LogP contribution is 2.34. The predicted molar refractivity (Wildman–Crippen MR) is 107 cm³/mol. The van der Waals surface area contributed by atoms with Gasteiger partial charge in [-0.2, -0.15) is 0 Å². The quantitative estimate of drug-likeness (QED) is 0.684. The van der Waals surface area contributed by atoms with Crippen LogP contribution in [0.15, 0.2) is 36.4 Å². The number of rotatable bonds is 7. The van der Waals surface area contributed by atoms with Crippen LogP contribution in [0, 0.1) is 12.7 Å². The van der Waals surface area contributed by atoms with E-state index in [1.165, 1.54) is 6.07 Å². The Kier molecular flexibility index (Phi) is 6.39. The van der Waals surface area contributed by atoms with Gasteiger partial charge in [0, 0.05) is 23.9 Å². The summed E-state index contributed by atoms with van der Waals surface area (Å²) in [6, 6.07) is 10.7. The highest BCUT2D eigenvalue weighted by molar-refractivity contribution is 5.65. The average Bonchev–Trinajstić information content (AvgIpc) is 3.15. The highest BCUT2D eigenvalue weighted by atomic mass is 19.1. The molecule has 1 aliphatic rings. The Morgan fingerprint density at radius 3 is 2.75 bits per heavy atom. The van der Waals surface area contributed by atoms with Crippen LogP contribution in [0.5, 0.6) is 5.75 Å². The molecule has 0 radical (unpaired) electrons. The van der Waals surface area contributed by atoms with Crippen LogP contribution in [0.2, 0.25) is 0 Å². The molecule has 2 aromatic carbocycles. The summed E-state index contributed by atoms with van der Waals surface area (Å²) in [5.74, 6) is 0.471. The van der Waals surface area contributed by atoms with Crippen molar-refractivity contribution in [2.75, 3.05) is 5.32 Å². The van der Waals surface area contributed by atoms with Crippen molar-refractivity contribution < 1.29 is 18.7 Å². The maximum atomic E-state index is 13.7. The van der Waals surface area contributed by atoms with Crippen LogP contribution in [0.3, 0.4) is 0 Å². The lowest BCUT2D eigenvalue weighted by molar-refractivity contribution is 0.112. The van der Waals surface area contributed by atoms with Crippen molar-refractivity contribution in [1.29, 1.82) is 0 Å². The van der Waals surface area contributed by atoms with E-state index in [0.29, 0.717) is 17.9 Å². The van der Waals surface area contributed by atoms with Crippen LogP contribution in [-0.4, -0.2) is 12.2 Å². The fraction of sp³-hybridized carbons (Fsp3) is 0.409. The van der Waals surface area contributed by atoms with Gasteiger partial charge in [-0.15, -0.1) is 0 Å². The van der Waals surface area contributed by atoms with Crippen LogP contribution in [0.1, 0.15) is 55.4 Å².